The third kappa shape index (κ3) is 13.5. The first-order valence-electron chi connectivity index (χ1n) is 19.4. The highest BCUT2D eigenvalue weighted by Gasteiger charge is 2.16. The van der Waals surface area contributed by atoms with Crippen LogP contribution in [0.5, 0.6) is 0 Å². The maximum Gasteiger partial charge on any atom is 0.264 e. The number of pyridine rings is 1. The second kappa shape index (κ2) is 26.3. The Balaban J connectivity index is 0.000000803. The fourth-order valence-corrected chi connectivity index (χ4v) is 6.26. The molecule has 0 aliphatic rings. The predicted octanol–water partition coefficient (Wildman–Crippen LogP) is 12.9. The minimum absolute atomic E-state index is 0.00921. The lowest BCUT2D eigenvalue weighted by atomic mass is 10.0. The molecule has 0 N–H and O–H groups in total. The minimum atomic E-state index is -2.93. The fraction of sp³-hybridized carbons (Fsp3) is 0.500. The summed E-state index contributed by atoms with van der Waals surface area (Å²) in [6.45, 7) is 25.4. The predicted molar refractivity (Wildman–Crippen MR) is 229 cm³/mol. The van der Waals surface area contributed by atoms with E-state index in [-0.39, 0.29) is 11.3 Å². The molecular weight excluding hydrogens is 651 g/mol. The van der Waals surface area contributed by atoms with Crippen molar-refractivity contribution in [2.75, 3.05) is 19.3 Å². The minimum Gasteiger partial charge on any atom is -0.268 e. The summed E-state index contributed by atoms with van der Waals surface area (Å²) < 4.78 is 25.3. The maximum atomic E-state index is 13.3. The topological polar surface area (TPSA) is 71.8 Å². The molecule has 0 saturated carbocycles. The molecule has 6 rings (SSSR count). The lowest BCUT2D eigenvalue weighted by Gasteiger charge is -2.13. The summed E-state index contributed by atoms with van der Waals surface area (Å²) in [5.74, 6) is 0.261. The molecule has 7 heteroatoms. The molecule has 0 bridgehead atoms. The molecule has 0 fully saturated rings. The van der Waals surface area contributed by atoms with Crippen LogP contribution in [0.1, 0.15) is 128 Å². The second-order valence-electron chi connectivity index (χ2n) is 12.1. The van der Waals surface area contributed by atoms with E-state index in [0.717, 1.165) is 49.0 Å². The highest BCUT2D eigenvalue weighted by Crippen LogP contribution is 2.31. The average Bonchev–Trinajstić information content (AvgIpc) is 3.13. The van der Waals surface area contributed by atoms with Gasteiger partial charge in [0.15, 0.2) is 0 Å². The van der Waals surface area contributed by atoms with Crippen LogP contribution in [0.3, 0.4) is 0 Å². The van der Waals surface area contributed by atoms with E-state index in [1.807, 2.05) is 82.3 Å². The first-order valence-corrected chi connectivity index (χ1v) is 21.0. The SMILES string of the molecule is CC.CCC.CCC.CCC.CCCCC.CCCS(=O)(=O)N(C)CC.O=c1c2cccc3cccc(c32)c2nc3cccc4cccc(c43)n12. The van der Waals surface area contributed by atoms with Crippen molar-refractivity contribution in [1.29, 1.82) is 0 Å². The Labute approximate surface area is 310 Å². The van der Waals surface area contributed by atoms with Gasteiger partial charge in [0.1, 0.15) is 5.65 Å². The quantitative estimate of drug-likeness (QED) is 0.127. The smallest absolute Gasteiger partial charge is 0.264 e. The largest absolute Gasteiger partial charge is 0.268 e. The standard InChI is InChI=1S/C22H12N2O.C6H15NO2S.C5H12.3C3H8.C2H6/c25-22-16-10-2-6-13-5-1-9-15(19(13)16)21-23-17-11-3-7-14-8-4-12-18(20(14)17)24(21)22;1-4-6-10(8,9)7(3)5-2;1-3-5-4-2;3*1-3-2;1-2/h1-12H;4-6H2,1-3H3;3-5H2,1-2H3;3*3H2,1-2H3;1-2H3. The highest BCUT2D eigenvalue weighted by molar-refractivity contribution is 7.89. The maximum absolute atomic E-state index is 13.3. The Morgan fingerprint density at radius 2 is 1.08 bits per heavy atom. The molecule has 4 aromatic carbocycles. The number of benzene rings is 4. The molecule has 0 amide bonds. The number of aromatic nitrogens is 2. The van der Waals surface area contributed by atoms with Gasteiger partial charge in [-0.05, 0) is 35.4 Å². The molecule has 0 atom stereocenters. The van der Waals surface area contributed by atoms with E-state index in [1.165, 1.54) is 42.8 Å². The van der Waals surface area contributed by atoms with Gasteiger partial charge in [0.2, 0.25) is 10.0 Å². The highest BCUT2D eigenvalue weighted by atomic mass is 32.2. The summed E-state index contributed by atoms with van der Waals surface area (Å²) in [6, 6.07) is 24.2. The van der Waals surface area contributed by atoms with Crippen LogP contribution in [0.15, 0.2) is 77.6 Å². The van der Waals surface area contributed by atoms with E-state index in [9.17, 15) is 13.2 Å². The Kier molecular flexibility index (Phi) is 24.4. The zero-order chi connectivity index (χ0) is 39.0. The number of hydrogen-bond donors (Lipinski definition) is 0. The molecule has 2 heterocycles. The van der Waals surface area contributed by atoms with Crippen LogP contribution in [-0.4, -0.2) is 41.5 Å². The average molecular weight is 720 g/mol. The normalized spacial score (nSPS) is 10.4. The monoisotopic (exact) mass is 720 g/mol. The molecule has 0 saturated heterocycles. The summed E-state index contributed by atoms with van der Waals surface area (Å²) in [6.07, 6.45) is 8.51. The van der Waals surface area contributed by atoms with Crippen molar-refractivity contribution < 1.29 is 8.42 Å². The van der Waals surface area contributed by atoms with Crippen LogP contribution >= 0.6 is 0 Å². The number of nitrogens with zero attached hydrogens (tertiary/aromatic N) is 3. The van der Waals surface area contributed by atoms with Gasteiger partial charge in [-0.3, -0.25) is 9.20 Å². The van der Waals surface area contributed by atoms with Gasteiger partial charge in [0.05, 0.1) is 16.8 Å². The Hall–Kier alpha value is -3.55. The van der Waals surface area contributed by atoms with E-state index in [1.54, 1.807) is 11.4 Å². The summed E-state index contributed by atoms with van der Waals surface area (Å²) in [4.78, 5) is 18.2. The van der Waals surface area contributed by atoms with Gasteiger partial charge >= 0.3 is 0 Å². The molecule has 51 heavy (non-hydrogen) atoms. The van der Waals surface area contributed by atoms with Gasteiger partial charge in [0, 0.05) is 35.1 Å². The van der Waals surface area contributed by atoms with E-state index in [0.29, 0.717) is 13.0 Å². The zero-order valence-corrected chi connectivity index (χ0v) is 35.1. The summed E-state index contributed by atoms with van der Waals surface area (Å²) >= 11 is 0. The summed E-state index contributed by atoms with van der Waals surface area (Å²) in [7, 11) is -1.32. The van der Waals surface area contributed by atoms with E-state index in [4.69, 9.17) is 4.98 Å². The molecule has 0 spiro atoms. The first kappa shape index (κ1) is 47.4. The molecule has 6 aromatic rings. The van der Waals surface area contributed by atoms with E-state index < -0.39 is 10.0 Å². The van der Waals surface area contributed by atoms with Crippen molar-refractivity contribution in [3.8, 4) is 0 Å². The number of unbranched alkanes of at least 4 members (excludes halogenated alkanes) is 2. The lowest BCUT2D eigenvalue weighted by Crippen LogP contribution is -2.28. The van der Waals surface area contributed by atoms with Crippen molar-refractivity contribution in [2.24, 2.45) is 0 Å². The summed E-state index contributed by atoms with van der Waals surface area (Å²) in [5, 5.41) is 5.96. The van der Waals surface area contributed by atoms with Gasteiger partial charge in [-0.25, -0.2) is 17.7 Å². The molecule has 0 radical (unpaired) electrons. The molecule has 2 aromatic heterocycles. The number of fused-ring (bicyclic) bond motifs is 3. The lowest BCUT2D eigenvalue weighted by molar-refractivity contribution is 0.485. The van der Waals surface area contributed by atoms with Crippen LogP contribution in [-0.2, 0) is 10.0 Å². The third-order valence-electron chi connectivity index (χ3n) is 7.21. The van der Waals surface area contributed by atoms with Gasteiger partial charge in [0.25, 0.3) is 5.56 Å². The Bertz CT molecular complexity index is 1950. The molecule has 284 valence electrons. The van der Waals surface area contributed by atoms with Crippen LogP contribution in [0.4, 0.5) is 0 Å². The van der Waals surface area contributed by atoms with Crippen LogP contribution < -0.4 is 5.56 Å². The van der Waals surface area contributed by atoms with Gasteiger partial charge < -0.3 is 0 Å². The van der Waals surface area contributed by atoms with Crippen molar-refractivity contribution in [3.63, 3.8) is 0 Å². The van der Waals surface area contributed by atoms with Gasteiger partial charge in [-0.2, -0.15) is 0 Å². The van der Waals surface area contributed by atoms with Crippen molar-refractivity contribution in [2.45, 2.75) is 128 Å². The third-order valence-corrected chi connectivity index (χ3v) is 9.34. The van der Waals surface area contributed by atoms with E-state index in [2.05, 4.69) is 73.6 Å². The van der Waals surface area contributed by atoms with Crippen molar-refractivity contribution in [3.05, 3.63) is 83.2 Å². The van der Waals surface area contributed by atoms with Gasteiger partial charge in [-0.15, -0.1) is 0 Å². The summed E-state index contributed by atoms with van der Waals surface area (Å²) in [5.41, 5.74) is 2.55. The van der Waals surface area contributed by atoms with Crippen LogP contribution in [0, 0.1) is 0 Å². The molecule has 6 nitrogen and oxygen atoms in total. The number of rotatable bonds is 6. The van der Waals surface area contributed by atoms with Crippen molar-refractivity contribution in [1.82, 2.24) is 13.7 Å². The molecule has 0 aliphatic carbocycles. The molecule has 0 unspecified atom stereocenters. The van der Waals surface area contributed by atoms with Crippen LogP contribution in [0.25, 0.3) is 49.0 Å². The zero-order valence-electron chi connectivity index (χ0n) is 34.3. The van der Waals surface area contributed by atoms with Crippen molar-refractivity contribution >= 4 is 59.0 Å². The molecule has 0 aliphatic heterocycles. The second-order valence-corrected chi connectivity index (χ2v) is 14.3. The first-order chi connectivity index (χ1) is 24.5. The number of sulfonamides is 1. The fourth-order valence-electron chi connectivity index (χ4n) is 5.04. The molecular formula is C44H69N3O3S. The number of hydrogen-bond acceptors (Lipinski definition) is 4. The van der Waals surface area contributed by atoms with Crippen LogP contribution in [0.2, 0.25) is 0 Å². The Morgan fingerprint density at radius 1 is 0.627 bits per heavy atom. The van der Waals surface area contributed by atoms with E-state index >= 15 is 0 Å². The Morgan fingerprint density at radius 3 is 1.53 bits per heavy atom. The van der Waals surface area contributed by atoms with Gasteiger partial charge in [-0.1, -0.05) is 176 Å².